The molecule has 0 spiro atoms. The molecule has 0 unspecified atom stereocenters. The molecule has 0 aliphatic heterocycles. The van der Waals surface area contributed by atoms with E-state index in [-0.39, 0.29) is 0 Å². The molecule has 0 radical (unpaired) electrons. The third-order valence-electron chi connectivity index (χ3n) is 3.94. The Labute approximate surface area is 139 Å². The molecule has 4 nitrogen and oxygen atoms in total. The number of aromatic nitrogens is 2. The molecule has 4 heteroatoms. The Balaban J connectivity index is 1.77. The van der Waals surface area contributed by atoms with Crippen LogP contribution in [0.2, 0.25) is 0 Å². The molecule has 0 aliphatic carbocycles. The number of imidazole rings is 1. The van der Waals surface area contributed by atoms with Gasteiger partial charge in [-0.05, 0) is 24.6 Å². The molecule has 1 N–H and O–H groups in total. The highest BCUT2D eigenvalue weighted by atomic mass is 16.5. The number of ether oxygens (including phenoxy) is 2. The lowest BCUT2D eigenvalue weighted by atomic mass is 10.1. The number of unbranched alkanes of at least 4 members (excludes halogenated alkanes) is 6. The van der Waals surface area contributed by atoms with Crippen LogP contribution in [0.5, 0.6) is 11.5 Å². The van der Waals surface area contributed by atoms with Gasteiger partial charge in [-0.15, -0.1) is 0 Å². The highest BCUT2D eigenvalue weighted by Crippen LogP contribution is 2.31. The van der Waals surface area contributed by atoms with E-state index in [2.05, 4.69) is 16.9 Å². The topological polar surface area (TPSA) is 47.1 Å². The van der Waals surface area contributed by atoms with E-state index in [0.29, 0.717) is 0 Å². The molecule has 1 heterocycles. The van der Waals surface area contributed by atoms with Gasteiger partial charge in [0.05, 0.1) is 13.7 Å². The van der Waals surface area contributed by atoms with E-state index in [9.17, 15) is 0 Å². The minimum atomic E-state index is 0.740. The van der Waals surface area contributed by atoms with Gasteiger partial charge in [-0.25, -0.2) is 4.98 Å². The van der Waals surface area contributed by atoms with E-state index in [0.717, 1.165) is 35.9 Å². The number of hydrogen-bond donors (Lipinski definition) is 1. The second-order valence-corrected chi connectivity index (χ2v) is 5.77. The molecular formula is C19H28N2O2. The Morgan fingerprint density at radius 1 is 1.00 bits per heavy atom. The SMILES string of the molecule is CCCCCCCCCOc1ccc(-c2ncc[nH]2)cc1OC. The normalized spacial score (nSPS) is 10.7. The molecule has 0 saturated carbocycles. The number of H-pyrrole nitrogens is 1. The van der Waals surface area contributed by atoms with E-state index in [1.165, 1.54) is 38.5 Å². The lowest BCUT2D eigenvalue weighted by molar-refractivity contribution is 0.284. The lowest BCUT2D eigenvalue weighted by Crippen LogP contribution is -1.99. The monoisotopic (exact) mass is 316 g/mol. The van der Waals surface area contributed by atoms with E-state index < -0.39 is 0 Å². The largest absolute Gasteiger partial charge is 0.493 e. The van der Waals surface area contributed by atoms with Crippen molar-refractivity contribution in [1.82, 2.24) is 9.97 Å². The number of hydrogen-bond acceptors (Lipinski definition) is 3. The van der Waals surface area contributed by atoms with Gasteiger partial charge in [0, 0.05) is 18.0 Å². The molecule has 0 fully saturated rings. The fraction of sp³-hybridized carbons (Fsp3) is 0.526. The van der Waals surface area contributed by atoms with Crippen LogP contribution < -0.4 is 9.47 Å². The molecule has 2 rings (SSSR count). The summed E-state index contributed by atoms with van der Waals surface area (Å²) in [4.78, 5) is 7.35. The molecule has 0 aliphatic rings. The van der Waals surface area contributed by atoms with Gasteiger partial charge in [0.25, 0.3) is 0 Å². The quantitative estimate of drug-likeness (QED) is 0.578. The summed E-state index contributed by atoms with van der Waals surface area (Å²) in [6.07, 6.45) is 12.5. The number of rotatable bonds is 11. The maximum absolute atomic E-state index is 5.87. The van der Waals surface area contributed by atoms with Gasteiger partial charge in [0.1, 0.15) is 5.82 Å². The van der Waals surface area contributed by atoms with Crippen LogP contribution in [0.15, 0.2) is 30.6 Å². The molecule has 1 aromatic heterocycles. The van der Waals surface area contributed by atoms with Gasteiger partial charge in [-0.3, -0.25) is 0 Å². The summed E-state index contributed by atoms with van der Waals surface area (Å²) in [5.74, 6) is 2.39. The Bertz CT molecular complexity index is 553. The smallest absolute Gasteiger partial charge is 0.161 e. The Kier molecular flexibility index (Phi) is 7.50. The minimum Gasteiger partial charge on any atom is -0.493 e. The first-order valence-corrected chi connectivity index (χ1v) is 8.65. The van der Waals surface area contributed by atoms with Crippen molar-refractivity contribution in [2.75, 3.05) is 13.7 Å². The van der Waals surface area contributed by atoms with Crippen molar-refractivity contribution in [2.24, 2.45) is 0 Å². The van der Waals surface area contributed by atoms with E-state index in [1.54, 1.807) is 13.3 Å². The maximum Gasteiger partial charge on any atom is 0.161 e. The summed E-state index contributed by atoms with van der Waals surface area (Å²) >= 11 is 0. The second kappa shape index (κ2) is 9.93. The number of benzene rings is 1. The van der Waals surface area contributed by atoms with Crippen LogP contribution in [0.1, 0.15) is 51.9 Å². The molecular weight excluding hydrogens is 288 g/mol. The third-order valence-corrected chi connectivity index (χ3v) is 3.94. The second-order valence-electron chi connectivity index (χ2n) is 5.77. The molecule has 126 valence electrons. The van der Waals surface area contributed by atoms with E-state index >= 15 is 0 Å². The molecule has 0 atom stereocenters. The fourth-order valence-corrected chi connectivity index (χ4v) is 2.60. The zero-order chi connectivity index (χ0) is 16.3. The molecule has 0 amide bonds. The summed E-state index contributed by atoms with van der Waals surface area (Å²) in [5.41, 5.74) is 0.995. The van der Waals surface area contributed by atoms with Gasteiger partial charge in [-0.1, -0.05) is 45.4 Å². The van der Waals surface area contributed by atoms with Crippen molar-refractivity contribution in [2.45, 2.75) is 51.9 Å². The maximum atomic E-state index is 5.87. The van der Waals surface area contributed by atoms with Gasteiger partial charge in [0.15, 0.2) is 11.5 Å². The average Bonchev–Trinajstić information content (AvgIpc) is 3.12. The third kappa shape index (κ3) is 5.62. The number of methoxy groups -OCH3 is 1. The molecule has 0 bridgehead atoms. The first-order valence-electron chi connectivity index (χ1n) is 8.65. The predicted octanol–water partition coefficient (Wildman–Crippen LogP) is 5.21. The minimum absolute atomic E-state index is 0.740. The molecule has 0 saturated heterocycles. The zero-order valence-corrected chi connectivity index (χ0v) is 14.3. The van der Waals surface area contributed by atoms with Crippen molar-refractivity contribution in [3.05, 3.63) is 30.6 Å². The van der Waals surface area contributed by atoms with Crippen molar-refractivity contribution in [1.29, 1.82) is 0 Å². The van der Waals surface area contributed by atoms with Crippen LogP contribution in [0.3, 0.4) is 0 Å². The number of nitrogens with one attached hydrogen (secondary N) is 1. The fourth-order valence-electron chi connectivity index (χ4n) is 2.60. The summed E-state index contributed by atoms with van der Waals surface area (Å²) in [6, 6.07) is 5.91. The number of aromatic amines is 1. The van der Waals surface area contributed by atoms with Crippen molar-refractivity contribution in [3.8, 4) is 22.9 Å². The van der Waals surface area contributed by atoms with Crippen LogP contribution >= 0.6 is 0 Å². The summed E-state index contributed by atoms with van der Waals surface area (Å²) in [5, 5.41) is 0. The van der Waals surface area contributed by atoms with Crippen LogP contribution in [-0.2, 0) is 0 Å². The highest BCUT2D eigenvalue weighted by molar-refractivity contribution is 5.60. The summed E-state index contributed by atoms with van der Waals surface area (Å²) in [7, 11) is 1.67. The van der Waals surface area contributed by atoms with Crippen molar-refractivity contribution >= 4 is 0 Å². The average molecular weight is 316 g/mol. The molecule has 23 heavy (non-hydrogen) atoms. The van der Waals surface area contributed by atoms with Gasteiger partial charge in [0.2, 0.25) is 0 Å². The first kappa shape index (κ1) is 17.4. The van der Waals surface area contributed by atoms with Gasteiger partial charge in [-0.2, -0.15) is 0 Å². The standard InChI is InChI=1S/C19H28N2O2/c1-3-4-5-6-7-8-9-14-23-17-11-10-16(15-18(17)22-2)19-20-12-13-21-19/h10-13,15H,3-9,14H2,1-2H3,(H,20,21). The zero-order valence-electron chi connectivity index (χ0n) is 14.3. The van der Waals surface area contributed by atoms with Gasteiger partial charge < -0.3 is 14.5 Å². The highest BCUT2D eigenvalue weighted by Gasteiger charge is 2.08. The Morgan fingerprint density at radius 3 is 2.48 bits per heavy atom. The van der Waals surface area contributed by atoms with Crippen molar-refractivity contribution < 1.29 is 9.47 Å². The van der Waals surface area contributed by atoms with Crippen molar-refractivity contribution in [3.63, 3.8) is 0 Å². The van der Waals surface area contributed by atoms with Crippen LogP contribution in [0, 0.1) is 0 Å². The summed E-state index contributed by atoms with van der Waals surface area (Å²) < 4.78 is 11.3. The predicted molar refractivity (Wildman–Crippen MR) is 94.1 cm³/mol. The van der Waals surface area contributed by atoms with E-state index in [1.807, 2.05) is 24.4 Å². The van der Waals surface area contributed by atoms with Crippen LogP contribution in [0.4, 0.5) is 0 Å². The lowest BCUT2D eigenvalue weighted by Gasteiger charge is -2.11. The molecule has 1 aromatic carbocycles. The van der Waals surface area contributed by atoms with Crippen LogP contribution in [-0.4, -0.2) is 23.7 Å². The Morgan fingerprint density at radius 2 is 1.78 bits per heavy atom. The molecule has 2 aromatic rings. The van der Waals surface area contributed by atoms with Gasteiger partial charge >= 0.3 is 0 Å². The number of nitrogens with zero attached hydrogens (tertiary/aromatic N) is 1. The van der Waals surface area contributed by atoms with Crippen LogP contribution in [0.25, 0.3) is 11.4 Å². The Hall–Kier alpha value is -1.97. The summed E-state index contributed by atoms with van der Waals surface area (Å²) in [6.45, 7) is 2.99. The van der Waals surface area contributed by atoms with E-state index in [4.69, 9.17) is 9.47 Å². The first-order chi connectivity index (χ1) is 11.3.